The summed E-state index contributed by atoms with van der Waals surface area (Å²) in [5.74, 6) is -1.96. The highest BCUT2D eigenvalue weighted by atomic mass is 16.4. The van der Waals surface area contributed by atoms with E-state index in [0.717, 1.165) is 12.0 Å². The van der Waals surface area contributed by atoms with Gasteiger partial charge < -0.3 is 15.7 Å². The van der Waals surface area contributed by atoms with Crippen molar-refractivity contribution in [3.63, 3.8) is 0 Å². The molecule has 2 amide bonds. The molecule has 3 N–H and O–H groups in total. The van der Waals surface area contributed by atoms with Crippen LogP contribution in [0.15, 0.2) is 18.2 Å². The third-order valence-corrected chi connectivity index (χ3v) is 3.68. The topological polar surface area (TPSA) is 95.5 Å². The molecule has 1 aromatic carbocycles. The molecule has 1 saturated heterocycles. The molecule has 1 fully saturated rings. The summed E-state index contributed by atoms with van der Waals surface area (Å²) in [7, 11) is 0. The molecular formula is C15H18N2O4. The third kappa shape index (κ3) is 3.04. The normalized spacial score (nSPS) is 21.5. The zero-order valence-corrected chi connectivity index (χ0v) is 12.0. The Morgan fingerprint density at radius 3 is 2.67 bits per heavy atom. The monoisotopic (exact) mass is 290 g/mol. The van der Waals surface area contributed by atoms with Gasteiger partial charge in [-0.05, 0) is 38.8 Å². The van der Waals surface area contributed by atoms with Gasteiger partial charge in [-0.2, -0.15) is 0 Å². The lowest BCUT2D eigenvalue weighted by Gasteiger charge is -2.33. The van der Waals surface area contributed by atoms with E-state index >= 15 is 0 Å². The number of rotatable bonds is 3. The maximum atomic E-state index is 12.3. The number of amides is 2. The number of hydrogen-bond acceptors (Lipinski definition) is 3. The predicted molar refractivity (Wildman–Crippen MR) is 76.3 cm³/mol. The van der Waals surface area contributed by atoms with E-state index in [0.29, 0.717) is 13.0 Å². The molecule has 0 aromatic heterocycles. The molecular weight excluding hydrogens is 272 g/mol. The van der Waals surface area contributed by atoms with E-state index in [-0.39, 0.29) is 17.0 Å². The molecule has 0 saturated carbocycles. The van der Waals surface area contributed by atoms with Crippen LogP contribution in [0.4, 0.5) is 0 Å². The van der Waals surface area contributed by atoms with E-state index in [9.17, 15) is 19.5 Å². The first-order valence-corrected chi connectivity index (χ1v) is 6.78. The molecule has 2 rings (SSSR count). The van der Waals surface area contributed by atoms with Crippen molar-refractivity contribution >= 4 is 17.8 Å². The smallest absolute Gasteiger partial charge is 0.336 e. The summed E-state index contributed by atoms with van der Waals surface area (Å²) in [5, 5.41) is 14.6. The van der Waals surface area contributed by atoms with E-state index < -0.39 is 17.4 Å². The molecule has 1 aliphatic rings. The van der Waals surface area contributed by atoms with Gasteiger partial charge in [0, 0.05) is 6.54 Å². The van der Waals surface area contributed by atoms with Crippen molar-refractivity contribution in [1.82, 2.24) is 10.6 Å². The molecule has 0 radical (unpaired) electrons. The van der Waals surface area contributed by atoms with Gasteiger partial charge in [-0.1, -0.05) is 11.6 Å². The van der Waals surface area contributed by atoms with Gasteiger partial charge in [0.15, 0.2) is 0 Å². The van der Waals surface area contributed by atoms with Crippen LogP contribution >= 0.6 is 0 Å². The molecule has 1 atom stereocenters. The molecule has 1 aliphatic heterocycles. The second-order valence-corrected chi connectivity index (χ2v) is 5.50. The van der Waals surface area contributed by atoms with Crippen LogP contribution in [0.25, 0.3) is 0 Å². The molecule has 1 aromatic rings. The molecule has 0 bridgehead atoms. The van der Waals surface area contributed by atoms with Crippen LogP contribution in [-0.4, -0.2) is 35.0 Å². The number of aromatic carboxylic acids is 1. The largest absolute Gasteiger partial charge is 0.478 e. The number of carbonyl (C=O) groups is 3. The van der Waals surface area contributed by atoms with Crippen LogP contribution < -0.4 is 10.6 Å². The Bertz CT molecular complexity index is 612. The maximum absolute atomic E-state index is 12.3. The van der Waals surface area contributed by atoms with Gasteiger partial charge in [0.25, 0.3) is 5.91 Å². The highest BCUT2D eigenvalue weighted by molar-refractivity contribution is 6.06. The summed E-state index contributed by atoms with van der Waals surface area (Å²) in [6.45, 7) is 3.99. The minimum Gasteiger partial charge on any atom is -0.478 e. The number of carbonyl (C=O) groups excluding carboxylic acids is 2. The van der Waals surface area contributed by atoms with E-state index in [1.165, 1.54) is 12.1 Å². The van der Waals surface area contributed by atoms with Crippen molar-refractivity contribution in [3.8, 4) is 0 Å². The van der Waals surface area contributed by atoms with Gasteiger partial charge in [0.05, 0.1) is 11.1 Å². The van der Waals surface area contributed by atoms with Crippen LogP contribution in [0, 0.1) is 6.92 Å². The first-order valence-electron chi connectivity index (χ1n) is 6.78. The standard InChI is InChI=1S/C15H18N2O4/c1-9-4-5-10(11(8-9)13(19)20)12(18)17-15(2)6-3-7-16-14(15)21/h4-5,8H,3,6-7H2,1-2H3,(H,16,21)(H,17,18)(H,19,20)/t15-/m0/s1. The minimum atomic E-state index is -1.16. The van der Waals surface area contributed by atoms with Crippen LogP contribution in [0.5, 0.6) is 0 Å². The second kappa shape index (κ2) is 5.55. The maximum Gasteiger partial charge on any atom is 0.336 e. The van der Waals surface area contributed by atoms with E-state index in [4.69, 9.17) is 0 Å². The summed E-state index contributed by atoms with van der Waals surface area (Å²) >= 11 is 0. The summed E-state index contributed by atoms with van der Waals surface area (Å²) < 4.78 is 0. The molecule has 6 nitrogen and oxygen atoms in total. The fraction of sp³-hybridized carbons (Fsp3) is 0.400. The first-order chi connectivity index (χ1) is 9.83. The lowest BCUT2D eigenvalue weighted by atomic mass is 9.90. The molecule has 1 heterocycles. The van der Waals surface area contributed by atoms with Crippen molar-refractivity contribution in [1.29, 1.82) is 0 Å². The summed E-state index contributed by atoms with van der Waals surface area (Å²) in [6.07, 6.45) is 1.29. The molecule has 21 heavy (non-hydrogen) atoms. The average molecular weight is 290 g/mol. The van der Waals surface area contributed by atoms with Crippen molar-refractivity contribution < 1.29 is 19.5 Å². The van der Waals surface area contributed by atoms with Gasteiger partial charge in [-0.3, -0.25) is 9.59 Å². The van der Waals surface area contributed by atoms with Crippen LogP contribution in [0.1, 0.15) is 46.0 Å². The van der Waals surface area contributed by atoms with Crippen molar-refractivity contribution in [2.24, 2.45) is 0 Å². The lowest BCUT2D eigenvalue weighted by Crippen LogP contribution is -2.59. The number of carboxylic acids is 1. The lowest BCUT2D eigenvalue weighted by molar-refractivity contribution is -0.128. The molecule has 112 valence electrons. The van der Waals surface area contributed by atoms with Gasteiger partial charge in [0.1, 0.15) is 5.54 Å². The van der Waals surface area contributed by atoms with Crippen LogP contribution in [0.3, 0.4) is 0 Å². The number of carboxylic acid groups (broad SMARTS) is 1. The van der Waals surface area contributed by atoms with Gasteiger partial charge in [0.2, 0.25) is 5.91 Å². The fourth-order valence-electron chi connectivity index (χ4n) is 2.42. The van der Waals surface area contributed by atoms with Crippen molar-refractivity contribution in [2.75, 3.05) is 6.54 Å². The molecule has 0 aliphatic carbocycles. The molecule has 0 spiro atoms. The van der Waals surface area contributed by atoms with Crippen molar-refractivity contribution in [3.05, 3.63) is 34.9 Å². The Morgan fingerprint density at radius 2 is 2.05 bits per heavy atom. The van der Waals surface area contributed by atoms with Crippen LogP contribution in [0.2, 0.25) is 0 Å². The predicted octanol–water partition coefficient (Wildman–Crippen LogP) is 1.09. The fourth-order valence-corrected chi connectivity index (χ4v) is 2.42. The highest BCUT2D eigenvalue weighted by Gasteiger charge is 2.37. The van der Waals surface area contributed by atoms with Crippen molar-refractivity contribution in [2.45, 2.75) is 32.2 Å². The molecule has 6 heteroatoms. The molecule has 0 unspecified atom stereocenters. The van der Waals surface area contributed by atoms with E-state index in [1.807, 2.05) is 0 Å². The Hall–Kier alpha value is -2.37. The number of aryl methyl sites for hydroxylation is 1. The zero-order valence-electron chi connectivity index (χ0n) is 12.0. The number of nitrogens with one attached hydrogen (secondary N) is 2. The van der Waals surface area contributed by atoms with Crippen LogP contribution in [-0.2, 0) is 4.79 Å². The number of piperidine rings is 1. The van der Waals surface area contributed by atoms with E-state index in [1.54, 1.807) is 19.9 Å². The SMILES string of the molecule is Cc1ccc(C(=O)N[C@@]2(C)CCCNC2=O)c(C(=O)O)c1. The third-order valence-electron chi connectivity index (χ3n) is 3.68. The number of hydrogen-bond donors (Lipinski definition) is 3. The summed E-state index contributed by atoms with van der Waals surface area (Å²) in [5.41, 5.74) is -0.249. The van der Waals surface area contributed by atoms with E-state index in [2.05, 4.69) is 10.6 Å². The Balaban J connectivity index is 2.28. The Labute approximate surface area is 122 Å². The Morgan fingerprint density at radius 1 is 1.33 bits per heavy atom. The number of benzene rings is 1. The van der Waals surface area contributed by atoms with Gasteiger partial charge >= 0.3 is 5.97 Å². The highest BCUT2D eigenvalue weighted by Crippen LogP contribution is 2.19. The zero-order chi connectivity index (χ0) is 15.6. The van der Waals surface area contributed by atoms with Gasteiger partial charge in [-0.15, -0.1) is 0 Å². The first kappa shape index (κ1) is 15.0. The average Bonchev–Trinajstić information content (AvgIpc) is 2.42. The summed E-state index contributed by atoms with van der Waals surface area (Å²) in [6, 6.07) is 4.59. The Kier molecular flexibility index (Phi) is 3.97. The van der Waals surface area contributed by atoms with Gasteiger partial charge in [-0.25, -0.2) is 4.79 Å². The summed E-state index contributed by atoms with van der Waals surface area (Å²) in [4.78, 5) is 35.5. The second-order valence-electron chi connectivity index (χ2n) is 5.50. The quantitative estimate of drug-likeness (QED) is 0.776. The minimum absolute atomic E-state index is 0.0627.